The van der Waals surface area contributed by atoms with Crippen LogP contribution in [-0.4, -0.2) is 26.3 Å². The molecular weight excluding hydrogens is 270 g/mol. The maximum absolute atomic E-state index is 6.06. The lowest BCUT2D eigenvalue weighted by atomic mass is 10.00. The fourth-order valence-electron chi connectivity index (χ4n) is 2.36. The van der Waals surface area contributed by atoms with Crippen LogP contribution >= 0.6 is 11.6 Å². The van der Waals surface area contributed by atoms with E-state index in [-0.39, 0.29) is 0 Å². The van der Waals surface area contributed by atoms with Crippen LogP contribution in [0, 0.1) is 11.8 Å². The van der Waals surface area contributed by atoms with E-state index in [0.717, 1.165) is 43.7 Å². The van der Waals surface area contributed by atoms with Crippen molar-refractivity contribution in [1.82, 2.24) is 5.32 Å². The minimum Gasteiger partial charge on any atom is -0.381 e. The molecule has 1 aliphatic rings. The number of hydrogen-bond acceptors (Lipinski definition) is 2. The number of rotatable bonds is 10. The van der Waals surface area contributed by atoms with Gasteiger partial charge in [0.2, 0.25) is 0 Å². The summed E-state index contributed by atoms with van der Waals surface area (Å²) in [6.45, 7) is 6.09. The first-order valence-electron chi connectivity index (χ1n) is 7.80. The third-order valence-corrected chi connectivity index (χ3v) is 3.91. The lowest BCUT2D eigenvalue weighted by molar-refractivity contribution is 0.0907. The maximum atomic E-state index is 6.06. The molecule has 0 radical (unpaired) electrons. The molecule has 2 nitrogen and oxygen atoms in total. The normalized spacial score (nSPS) is 16.3. The van der Waals surface area contributed by atoms with Crippen LogP contribution in [0.5, 0.6) is 0 Å². The molecule has 1 fully saturated rings. The Labute approximate surface area is 127 Å². The van der Waals surface area contributed by atoms with Crippen LogP contribution in [0.25, 0.3) is 0 Å². The van der Waals surface area contributed by atoms with Crippen molar-refractivity contribution >= 4 is 11.6 Å². The first-order valence-corrected chi connectivity index (χ1v) is 8.18. The summed E-state index contributed by atoms with van der Waals surface area (Å²) in [4.78, 5) is 0. The molecule has 0 aliphatic heterocycles. The molecule has 1 unspecified atom stereocenters. The van der Waals surface area contributed by atoms with Crippen molar-refractivity contribution in [3.63, 3.8) is 0 Å². The average Bonchev–Trinajstić information content (AvgIpc) is 3.23. The van der Waals surface area contributed by atoms with Crippen molar-refractivity contribution in [1.29, 1.82) is 0 Å². The summed E-state index contributed by atoms with van der Waals surface area (Å²) in [7, 11) is 0. The summed E-state index contributed by atoms with van der Waals surface area (Å²) >= 11 is 6.06. The lowest BCUT2D eigenvalue weighted by Gasteiger charge is -2.18. The van der Waals surface area contributed by atoms with Crippen molar-refractivity contribution in [3.05, 3.63) is 34.9 Å². The zero-order valence-corrected chi connectivity index (χ0v) is 13.2. The molecule has 0 amide bonds. The number of nitrogens with one attached hydrogen (secondary N) is 1. The molecule has 0 heterocycles. The second-order valence-electron chi connectivity index (χ2n) is 5.89. The minimum absolute atomic E-state index is 0.527. The van der Waals surface area contributed by atoms with E-state index < -0.39 is 0 Å². The summed E-state index contributed by atoms with van der Waals surface area (Å²) in [5.41, 5.74) is 1.30. The second-order valence-corrected chi connectivity index (χ2v) is 6.32. The molecular formula is C17H26ClNO. The zero-order valence-electron chi connectivity index (χ0n) is 12.4. The first kappa shape index (κ1) is 15.8. The molecule has 1 aliphatic carbocycles. The standard InChI is InChI=1S/C17H26ClNO/c1-2-8-19-11-16(13-20-12-14-6-7-14)9-15-4-3-5-17(18)10-15/h3-5,10,14,16,19H,2,6-9,11-13H2,1H3. The first-order chi connectivity index (χ1) is 9.78. The van der Waals surface area contributed by atoms with Gasteiger partial charge in [0.25, 0.3) is 0 Å². The highest BCUT2D eigenvalue weighted by atomic mass is 35.5. The van der Waals surface area contributed by atoms with E-state index >= 15 is 0 Å². The van der Waals surface area contributed by atoms with Crippen molar-refractivity contribution in [2.45, 2.75) is 32.6 Å². The van der Waals surface area contributed by atoms with Crippen LogP contribution in [-0.2, 0) is 11.2 Å². The van der Waals surface area contributed by atoms with Crippen LogP contribution in [0.3, 0.4) is 0 Å². The quantitative estimate of drug-likeness (QED) is 0.661. The van der Waals surface area contributed by atoms with Gasteiger partial charge in [0.15, 0.2) is 0 Å². The largest absolute Gasteiger partial charge is 0.381 e. The summed E-state index contributed by atoms with van der Waals surface area (Å²) in [5.74, 6) is 1.36. The molecule has 0 bridgehead atoms. The van der Waals surface area contributed by atoms with Gasteiger partial charge in [-0.15, -0.1) is 0 Å². The Morgan fingerprint density at radius 3 is 2.95 bits per heavy atom. The predicted molar refractivity (Wildman–Crippen MR) is 85.3 cm³/mol. The third kappa shape index (κ3) is 6.25. The Bertz CT molecular complexity index is 392. The highest BCUT2D eigenvalue weighted by Gasteiger charge is 2.21. The SMILES string of the molecule is CCCNCC(COCC1CC1)Cc1cccc(Cl)c1. The Morgan fingerprint density at radius 1 is 1.40 bits per heavy atom. The van der Waals surface area contributed by atoms with Crippen LogP contribution in [0.2, 0.25) is 5.02 Å². The topological polar surface area (TPSA) is 21.3 Å². The van der Waals surface area contributed by atoms with E-state index in [2.05, 4.69) is 24.4 Å². The molecule has 1 N–H and O–H groups in total. The van der Waals surface area contributed by atoms with E-state index in [1.165, 1.54) is 24.8 Å². The van der Waals surface area contributed by atoms with Crippen LogP contribution < -0.4 is 5.32 Å². The van der Waals surface area contributed by atoms with Gasteiger partial charge in [0.1, 0.15) is 0 Å². The van der Waals surface area contributed by atoms with Gasteiger partial charge in [0, 0.05) is 18.2 Å². The number of benzene rings is 1. The molecule has 2 rings (SSSR count). The Hall–Kier alpha value is -0.570. The van der Waals surface area contributed by atoms with Crippen molar-refractivity contribution in [2.75, 3.05) is 26.3 Å². The van der Waals surface area contributed by atoms with Gasteiger partial charge >= 0.3 is 0 Å². The Balaban J connectivity index is 1.79. The van der Waals surface area contributed by atoms with Gasteiger partial charge in [-0.2, -0.15) is 0 Å². The van der Waals surface area contributed by atoms with Crippen molar-refractivity contribution in [2.24, 2.45) is 11.8 Å². The molecule has 1 aromatic rings. The van der Waals surface area contributed by atoms with Crippen molar-refractivity contribution in [3.8, 4) is 0 Å². The number of halogens is 1. The molecule has 0 spiro atoms. The van der Waals surface area contributed by atoms with E-state index in [1.807, 2.05) is 12.1 Å². The molecule has 112 valence electrons. The van der Waals surface area contributed by atoms with Gasteiger partial charge in [-0.05, 0) is 61.8 Å². The fourth-order valence-corrected chi connectivity index (χ4v) is 2.57. The minimum atomic E-state index is 0.527. The molecule has 0 saturated heterocycles. The van der Waals surface area contributed by atoms with Gasteiger partial charge < -0.3 is 10.1 Å². The van der Waals surface area contributed by atoms with Gasteiger partial charge in [-0.25, -0.2) is 0 Å². The van der Waals surface area contributed by atoms with Crippen molar-refractivity contribution < 1.29 is 4.74 Å². The van der Waals surface area contributed by atoms with Gasteiger partial charge in [0.05, 0.1) is 6.61 Å². The molecule has 0 aromatic heterocycles. The van der Waals surface area contributed by atoms with E-state index in [0.29, 0.717) is 5.92 Å². The van der Waals surface area contributed by atoms with E-state index in [4.69, 9.17) is 16.3 Å². The second kappa shape index (κ2) is 8.66. The summed E-state index contributed by atoms with van der Waals surface area (Å²) in [6.07, 6.45) is 4.91. The molecule has 20 heavy (non-hydrogen) atoms. The van der Waals surface area contributed by atoms with Gasteiger partial charge in [-0.1, -0.05) is 30.7 Å². The molecule has 3 heteroatoms. The van der Waals surface area contributed by atoms with Crippen LogP contribution in [0.4, 0.5) is 0 Å². The van der Waals surface area contributed by atoms with E-state index in [9.17, 15) is 0 Å². The maximum Gasteiger partial charge on any atom is 0.0509 e. The predicted octanol–water partition coefficient (Wildman–Crippen LogP) is 3.92. The van der Waals surface area contributed by atoms with E-state index in [1.54, 1.807) is 0 Å². The Morgan fingerprint density at radius 2 is 2.25 bits per heavy atom. The molecule has 1 saturated carbocycles. The lowest BCUT2D eigenvalue weighted by Crippen LogP contribution is -2.28. The highest BCUT2D eigenvalue weighted by Crippen LogP contribution is 2.29. The molecule has 1 atom stereocenters. The fraction of sp³-hybridized carbons (Fsp3) is 0.647. The highest BCUT2D eigenvalue weighted by molar-refractivity contribution is 6.30. The summed E-state index contributed by atoms with van der Waals surface area (Å²) < 4.78 is 5.88. The summed E-state index contributed by atoms with van der Waals surface area (Å²) in [5, 5.41) is 4.33. The monoisotopic (exact) mass is 295 g/mol. The molecule has 1 aromatic carbocycles. The Kier molecular flexibility index (Phi) is 6.85. The third-order valence-electron chi connectivity index (χ3n) is 3.68. The smallest absolute Gasteiger partial charge is 0.0509 e. The van der Waals surface area contributed by atoms with Crippen LogP contribution in [0.15, 0.2) is 24.3 Å². The van der Waals surface area contributed by atoms with Crippen LogP contribution in [0.1, 0.15) is 31.7 Å². The number of ether oxygens (including phenoxy) is 1. The number of hydrogen-bond donors (Lipinski definition) is 1. The van der Waals surface area contributed by atoms with Gasteiger partial charge in [-0.3, -0.25) is 0 Å². The zero-order chi connectivity index (χ0) is 14.2. The average molecular weight is 296 g/mol. The summed E-state index contributed by atoms with van der Waals surface area (Å²) in [6, 6.07) is 8.17.